The SMILES string of the molecule is CCNc1cccc(C(=O)N2CCC(OCC)CC2)n1. The number of hydrogen-bond donors (Lipinski definition) is 1. The molecule has 5 heteroatoms. The van der Waals surface area contributed by atoms with Crippen LogP contribution in [0.1, 0.15) is 37.2 Å². The van der Waals surface area contributed by atoms with Gasteiger partial charge in [0.05, 0.1) is 6.10 Å². The van der Waals surface area contributed by atoms with E-state index in [9.17, 15) is 4.79 Å². The van der Waals surface area contributed by atoms with Crippen LogP contribution >= 0.6 is 0 Å². The van der Waals surface area contributed by atoms with Gasteiger partial charge in [0.2, 0.25) is 0 Å². The maximum Gasteiger partial charge on any atom is 0.272 e. The van der Waals surface area contributed by atoms with Crippen LogP contribution in [-0.2, 0) is 4.74 Å². The standard InChI is InChI=1S/C15H23N3O2/c1-3-16-14-7-5-6-13(17-14)15(19)18-10-8-12(9-11-18)20-4-2/h5-7,12H,3-4,8-11H2,1-2H3,(H,16,17). The first-order valence-corrected chi connectivity index (χ1v) is 7.36. The van der Waals surface area contributed by atoms with Crippen molar-refractivity contribution in [1.82, 2.24) is 9.88 Å². The van der Waals surface area contributed by atoms with E-state index in [1.165, 1.54) is 0 Å². The van der Waals surface area contributed by atoms with Gasteiger partial charge in [-0.15, -0.1) is 0 Å². The maximum atomic E-state index is 12.4. The summed E-state index contributed by atoms with van der Waals surface area (Å²) in [5, 5.41) is 3.13. The van der Waals surface area contributed by atoms with Crippen molar-refractivity contribution in [2.75, 3.05) is 31.6 Å². The van der Waals surface area contributed by atoms with E-state index < -0.39 is 0 Å². The summed E-state index contributed by atoms with van der Waals surface area (Å²) in [7, 11) is 0. The van der Waals surface area contributed by atoms with E-state index in [4.69, 9.17) is 4.74 Å². The predicted molar refractivity (Wildman–Crippen MR) is 79.0 cm³/mol. The van der Waals surface area contributed by atoms with Crippen LogP contribution in [0.4, 0.5) is 5.82 Å². The zero-order valence-electron chi connectivity index (χ0n) is 12.3. The lowest BCUT2D eigenvalue weighted by molar-refractivity contribution is 0.0144. The molecule has 20 heavy (non-hydrogen) atoms. The number of carbonyl (C=O) groups is 1. The number of rotatable bonds is 5. The van der Waals surface area contributed by atoms with Crippen molar-refractivity contribution in [3.8, 4) is 0 Å². The second-order valence-corrected chi connectivity index (χ2v) is 4.89. The molecule has 1 aliphatic heterocycles. The lowest BCUT2D eigenvalue weighted by atomic mass is 10.1. The van der Waals surface area contributed by atoms with Gasteiger partial charge in [-0.05, 0) is 38.8 Å². The van der Waals surface area contributed by atoms with Crippen molar-refractivity contribution in [3.63, 3.8) is 0 Å². The molecule has 0 bridgehead atoms. The first-order chi connectivity index (χ1) is 9.74. The molecule has 0 aromatic carbocycles. The molecule has 0 unspecified atom stereocenters. The van der Waals surface area contributed by atoms with Crippen LogP contribution in [0.5, 0.6) is 0 Å². The minimum Gasteiger partial charge on any atom is -0.378 e. The minimum absolute atomic E-state index is 0.0136. The van der Waals surface area contributed by atoms with Crippen LogP contribution in [0.3, 0.4) is 0 Å². The molecule has 0 aliphatic carbocycles. The molecule has 1 aromatic rings. The third-order valence-electron chi connectivity index (χ3n) is 3.46. The van der Waals surface area contributed by atoms with Gasteiger partial charge in [-0.2, -0.15) is 0 Å². The van der Waals surface area contributed by atoms with Crippen molar-refractivity contribution in [3.05, 3.63) is 23.9 Å². The molecule has 5 nitrogen and oxygen atoms in total. The monoisotopic (exact) mass is 277 g/mol. The Morgan fingerprint density at radius 2 is 2.15 bits per heavy atom. The van der Waals surface area contributed by atoms with Crippen LogP contribution < -0.4 is 5.32 Å². The number of amides is 1. The molecule has 0 saturated carbocycles. The number of pyridine rings is 1. The van der Waals surface area contributed by atoms with Crippen molar-refractivity contribution >= 4 is 11.7 Å². The lowest BCUT2D eigenvalue weighted by Crippen LogP contribution is -2.41. The van der Waals surface area contributed by atoms with Gasteiger partial charge in [0.25, 0.3) is 5.91 Å². The molecule has 1 N–H and O–H groups in total. The largest absolute Gasteiger partial charge is 0.378 e. The van der Waals surface area contributed by atoms with Gasteiger partial charge in [-0.3, -0.25) is 4.79 Å². The van der Waals surface area contributed by atoms with E-state index in [0.717, 1.165) is 44.9 Å². The first-order valence-electron chi connectivity index (χ1n) is 7.36. The number of piperidine rings is 1. The minimum atomic E-state index is 0.0136. The zero-order valence-corrected chi connectivity index (χ0v) is 12.3. The van der Waals surface area contributed by atoms with E-state index in [0.29, 0.717) is 11.8 Å². The molecule has 1 fully saturated rings. The Kier molecular flexibility index (Phi) is 5.35. The number of aromatic nitrogens is 1. The van der Waals surface area contributed by atoms with Crippen molar-refractivity contribution in [1.29, 1.82) is 0 Å². The summed E-state index contributed by atoms with van der Waals surface area (Å²) in [5.41, 5.74) is 0.512. The third kappa shape index (κ3) is 3.70. The molecule has 110 valence electrons. The van der Waals surface area contributed by atoms with Crippen molar-refractivity contribution < 1.29 is 9.53 Å². The number of hydrogen-bond acceptors (Lipinski definition) is 4. The van der Waals surface area contributed by atoms with Gasteiger partial charge in [0.1, 0.15) is 11.5 Å². The van der Waals surface area contributed by atoms with E-state index in [2.05, 4.69) is 10.3 Å². The van der Waals surface area contributed by atoms with Crippen LogP contribution in [0, 0.1) is 0 Å². The van der Waals surface area contributed by atoms with Gasteiger partial charge in [-0.1, -0.05) is 6.07 Å². The Hall–Kier alpha value is -1.62. The molecule has 2 rings (SSSR count). The molecule has 1 amide bonds. The first kappa shape index (κ1) is 14.8. The summed E-state index contributed by atoms with van der Waals surface area (Å²) in [6.45, 7) is 7.05. The summed E-state index contributed by atoms with van der Waals surface area (Å²) in [6.07, 6.45) is 2.11. The van der Waals surface area contributed by atoms with Crippen LogP contribution in [-0.4, -0.2) is 48.1 Å². The molecular formula is C15H23N3O2. The van der Waals surface area contributed by atoms with E-state index in [-0.39, 0.29) is 5.91 Å². The molecule has 1 aromatic heterocycles. The Labute approximate surface area is 120 Å². The van der Waals surface area contributed by atoms with Gasteiger partial charge < -0.3 is 15.0 Å². The summed E-state index contributed by atoms with van der Waals surface area (Å²) in [4.78, 5) is 18.6. The number of carbonyl (C=O) groups excluding carboxylic acids is 1. The van der Waals surface area contributed by atoms with Gasteiger partial charge in [0, 0.05) is 26.2 Å². The van der Waals surface area contributed by atoms with E-state index in [1.807, 2.05) is 30.9 Å². The number of nitrogens with one attached hydrogen (secondary N) is 1. The normalized spacial score (nSPS) is 16.2. The zero-order chi connectivity index (χ0) is 14.4. The second kappa shape index (κ2) is 7.24. The maximum absolute atomic E-state index is 12.4. The summed E-state index contributed by atoms with van der Waals surface area (Å²) in [6, 6.07) is 5.52. The van der Waals surface area contributed by atoms with E-state index >= 15 is 0 Å². The van der Waals surface area contributed by atoms with Crippen molar-refractivity contribution in [2.45, 2.75) is 32.8 Å². The molecule has 1 aliphatic rings. The van der Waals surface area contributed by atoms with Crippen LogP contribution in [0.2, 0.25) is 0 Å². The summed E-state index contributed by atoms with van der Waals surface area (Å²) >= 11 is 0. The van der Waals surface area contributed by atoms with Gasteiger partial charge in [0.15, 0.2) is 0 Å². The lowest BCUT2D eigenvalue weighted by Gasteiger charge is -2.31. The number of nitrogens with zero attached hydrogens (tertiary/aromatic N) is 2. The highest BCUT2D eigenvalue weighted by Gasteiger charge is 2.24. The van der Waals surface area contributed by atoms with Crippen molar-refractivity contribution in [2.24, 2.45) is 0 Å². The average Bonchev–Trinajstić information content (AvgIpc) is 2.48. The van der Waals surface area contributed by atoms with Crippen LogP contribution in [0.15, 0.2) is 18.2 Å². The summed E-state index contributed by atoms with van der Waals surface area (Å²) < 4.78 is 5.60. The van der Waals surface area contributed by atoms with Gasteiger partial charge >= 0.3 is 0 Å². The Morgan fingerprint density at radius 1 is 1.40 bits per heavy atom. The summed E-state index contributed by atoms with van der Waals surface area (Å²) in [5.74, 6) is 0.766. The highest BCUT2D eigenvalue weighted by Crippen LogP contribution is 2.16. The smallest absolute Gasteiger partial charge is 0.272 e. The van der Waals surface area contributed by atoms with Crippen LogP contribution in [0.25, 0.3) is 0 Å². The predicted octanol–water partition coefficient (Wildman–Crippen LogP) is 2.15. The highest BCUT2D eigenvalue weighted by atomic mass is 16.5. The molecule has 0 spiro atoms. The number of likely N-dealkylation sites (tertiary alicyclic amines) is 1. The topological polar surface area (TPSA) is 54.5 Å². The van der Waals surface area contributed by atoms with Gasteiger partial charge in [-0.25, -0.2) is 4.98 Å². The molecular weight excluding hydrogens is 254 g/mol. The fourth-order valence-electron chi connectivity index (χ4n) is 2.46. The molecule has 2 heterocycles. The number of anilines is 1. The number of ether oxygens (including phenoxy) is 1. The second-order valence-electron chi connectivity index (χ2n) is 4.89. The Balaban J connectivity index is 1.96. The molecule has 1 saturated heterocycles. The highest BCUT2D eigenvalue weighted by molar-refractivity contribution is 5.92. The Bertz CT molecular complexity index is 442. The quantitative estimate of drug-likeness (QED) is 0.896. The van der Waals surface area contributed by atoms with E-state index in [1.54, 1.807) is 6.07 Å². The molecule has 0 atom stereocenters. The average molecular weight is 277 g/mol. The molecule has 0 radical (unpaired) electrons. The third-order valence-corrected chi connectivity index (χ3v) is 3.46. The fourth-order valence-corrected chi connectivity index (χ4v) is 2.46. The fraction of sp³-hybridized carbons (Fsp3) is 0.600. The Morgan fingerprint density at radius 3 is 2.80 bits per heavy atom.